The summed E-state index contributed by atoms with van der Waals surface area (Å²) in [6.07, 6.45) is 4.47. The Morgan fingerprint density at radius 2 is 2.19 bits per heavy atom. The molecule has 0 aliphatic heterocycles. The normalized spacial score (nSPS) is 11.3. The first-order chi connectivity index (χ1) is 7.58. The standard InChI is InChI=1S/C9H10N4O2S/c1-7-4-8(6-10-5-7)13-16(14,15)9-2-3-11-12-9/h2-6,13H,1H3,(H,11,12). The number of anilines is 1. The van der Waals surface area contributed by atoms with Gasteiger partial charge in [-0.05, 0) is 24.6 Å². The van der Waals surface area contributed by atoms with Crippen LogP contribution in [0.2, 0.25) is 0 Å². The Kier molecular flexibility index (Phi) is 2.61. The van der Waals surface area contributed by atoms with Crippen molar-refractivity contribution in [2.75, 3.05) is 4.72 Å². The summed E-state index contributed by atoms with van der Waals surface area (Å²) >= 11 is 0. The van der Waals surface area contributed by atoms with Crippen molar-refractivity contribution in [1.29, 1.82) is 0 Å². The van der Waals surface area contributed by atoms with Gasteiger partial charge in [-0.25, -0.2) is 0 Å². The van der Waals surface area contributed by atoms with E-state index < -0.39 is 10.0 Å². The van der Waals surface area contributed by atoms with Gasteiger partial charge in [-0.3, -0.25) is 14.8 Å². The van der Waals surface area contributed by atoms with E-state index >= 15 is 0 Å². The van der Waals surface area contributed by atoms with Gasteiger partial charge in [0.2, 0.25) is 0 Å². The van der Waals surface area contributed by atoms with Crippen molar-refractivity contribution in [2.45, 2.75) is 11.9 Å². The summed E-state index contributed by atoms with van der Waals surface area (Å²) in [5.41, 5.74) is 1.31. The maximum absolute atomic E-state index is 11.8. The number of nitrogens with zero attached hydrogens (tertiary/aromatic N) is 2. The zero-order chi connectivity index (χ0) is 11.6. The molecule has 0 aliphatic carbocycles. The summed E-state index contributed by atoms with van der Waals surface area (Å²) in [7, 11) is -3.59. The van der Waals surface area contributed by atoms with Crippen molar-refractivity contribution < 1.29 is 8.42 Å². The minimum atomic E-state index is -3.59. The van der Waals surface area contributed by atoms with Crippen LogP contribution in [0.4, 0.5) is 5.69 Å². The number of hydrogen-bond donors (Lipinski definition) is 2. The van der Waals surface area contributed by atoms with E-state index in [0.717, 1.165) is 5.56 Å². The highest BCUT2D eigenvalue weighted by molar-refractivity contribution is 7.92. The van der Waals surface area contributed by atoms with Crippen molar-refractivity contribution in [3.63, 3.8) is 0 Å². The van der Waals surface area contributed by atoms with Crippen LogP contribution in [-0.4, -0.2) is 23.6 Å². The molecule has 2 aromatic heterocycles. The Morgan fingerprint density at radius 3 is 2.81 bits per heavy atom. The Hall–Kier alpha value is -1.89. The van der Waals surface area contributed by atoms with Crippen LogP contribution in [0.15, 0.2) is 35.7 Å². The van der Waals surface area contributed by atoms with Crippen LogP contribution >= 0.6 is 0 Å². The molecule has 0 saturated heterocycles. The first-order valence-electron chi connectivity index (χ1n) is 4.52. The fraction of sp³-hybridized carbons (Fsp3) is 0.111. The lowest BCUT2D eigenvalue weighted by Gasteiger charge is -2.05. The van der Waals surface area contributed by atoms with Crippen molar-refractivity contribution in [3.05, 3.63) is 36.3 Å². The number of aromatic nitrogens is 3. The molecule has 0 bridgehead atoms. The first-order valence-corrected chi connectivity index (χ1v) is 6.00. The number of aryl methyl sites for hydroxylation is 1. The Balaban J connectivity index is 2.29. The fourth-order valence-electron chi connectivity index (χ4n) is 1.21. The SMILES string of the molecule is Cc1cncc(NS(=O)(=O)c2ccn[nH]2)c1. The topological polar surface area (TPSA) is 87.7 Å². The monoisotopic (exact) mass is 238 g/mol. The molecule has 0 atom stereocenters. The van der Waals surface area contributed by atoms with Gasteiger partial charge in [0.15, 0.2) is 5.03 Å². The van der Waals surface area contributed by atoms with E-state index in [0.29, 0.717) is 5.69 Å². The first kappa shape index (κ1) is 10.6. The molecular weight excluding hydrogens is 228 g/mol. The van der Waals surface area contributed by atoms with Gasteiger partial charge in [0.1, 0.15) is 0 Å². The van der Waals surface area contributed by atoms with Crippen molar-refractivity contribution in [3.8, 4) is 0 Å². The lowest BCUT2D eigenvalue weighted by Crippen LogP contribution is -2.13. The van der Waals surface area contributed by atoms with Crippen molar-refractivity contribution in [2.24, 2.45) is 0 Å². The maximum atomic E-state index is 11.8. The third-order valence-electron chi connectivity index (χ3n) is 1.89. The van der Waals surface area contributed by atoms with E-state index in [4.69, 9.17) is 0 Å². The van der Waals surface area contributed by atoms with Gasteiger partial charge >= 0.3 is 0 Å². The molecule has 0 spiro atoms. The van der Waals surface area contributed by atoms with E-state index in [9.17, 15) is 8.42 Å². The van der Waals surface area contributed by atoms with Crippen LogP contribution in [0.1, 0.15) is 5.56 Å². The number of sulfonamides is 1. The third-order valence-corrected chi connectivity index (χ3v) is 3.20. The van der Waals surface area contributed by atoms with Gasteiger partial charge in [-0.15, -0.1) is 0 Å². The van der Waals surface area contributed by atoms with Gasteiger partial charge < -0.3 is 0 Å². The van der Waals surface area contributed by atoms with E-state index in [1.165, 1.54) is 18.5 Å². The molecule has 6 nitrogen and oxygen atoms in total. The molecule has 0 saturated carbocycles. The molecule has 84 valence electrons. The van der Waals surface area contributed by atoms with Crippen molar-refractivity contribution >= 4 is 15.7 Å². The van der Waals surface area contributed by atoms with Gasteiger partial charge in [-0.1, -0.05) is 0 Å². The molecule has 0 radical (unpaired) electrons. The highest BCUT2D eigenvalue weighted by Crippen LogP contribution is 2.13. The lowest BCUT2D eigenvalue weighted by molar-refractivity contribution is 0.597. The second-order valence-electron chi connectivity index (χ2n) is 3.28. The van der Waals surface area contributed by atoms with E-state index in [1.54, 1.807) is 12.3 Å². The number of H-pyrrole nitrogens is 1. The predicted octanol–water partition coefficient (Wildman–Crippen LogP) is 0.914. The van der Waals surface area contributed by atoms with Crippen LogP contribution in [0.3, 0.4) is 0 Å². The minimum absolute atomic E-state index is 0.0222. The molecule has 7 heteroatoms. The second kappa shape index (κ2) is 3.93. The molecule has 16 heavy (non-hydrogen) atoms. The van der Waals surface area contributed by atoms with Gasteiger partial charge in [0.25, 0.3) is 10.0 Å². The molecule has 2 N–H and O–H groups in total. The fourth-order valence-corrected chi connectivity index (χ4v) is 2.16. The number of hydrogen-bond acceptors (Lipinski definition) is 4. The van der Waals surface area contributed by atoms with Crippen LogP contribution < -0.4 is 4.72 Å². The second-order valence-corrected chi connectivity index (χ2v) is 4.93. The molecule has 2 rings (SSSR count). The smallest absolute Gasteiger partial charge is 0.277 e. The van der Waals surface area contributed by atoms with Gasteiger partial charge in [0, 0.05) is 6.20 Å². The average molecular weight is 238 g/mol. The Bertz CT molecular complexity index is 577. The molecule has 2 heterocycles. The zero-order valence-corrected chi connectivity index (χ0v) is 9.32. The summed E-state index contributed by atoms with van der Waals surface area (Å²) in [5, 5.41) is 6.00. The largest absolute Gasteiger partial charge is 0.278 e. The lowest BCUT2D eigenvalue weighted by atomic mass is 10.3. The molecule has 2 aromatic rings. The average Bonchev–Trinajstić information content (AvgIpc) is 2.69. The van der Waals surface area contributed by atoms with Gasteiger partial charge in [-0.2, -0.15) is 13.5 Å². The number of rotatable bonds is 3. The maximum Gasteiger partial charge on any atom is 0.278 e. The van der Waals surface area contributed by atoms with Crippen LogP contribution in [-0.2, 0) is 10.0 Å². The van der Waals surface area contributed by atoms with Crippen molar-refractivity contribution in [1.82, 2.24) is 15.2 Å². The summed E-state index contributed by atoms with van der Waals surface area (Å²) in [6, 6.07) is 3.08. The highest BCUT2D eigenvalue weighted by atomic mass is 32.2. The highest BCUT2D eigenvalue weighted by Gasteiger charge is 2.15. The van der Waals surface area contributed by atoms with Crippen LogP contribution in [0, 0.1) is 6.92 Å². The molecule has 0 aliphatic rings. The van der Waals surface area contributed by atoms with Gasteiger partial charge in [0.05, 0.1) is 18.1 Å². The molecule has 0 unspecified atom stereocenters. The summed E-state index contributed by atoms with van der Waals surface area (Å²) in [4.78, 5) is 3.90. The predicted molar refractivity (Wildman–Crippen MR) is 58.4 cm³/mol. The van der Waals surface area contributed by atoms with E-state index in [2.05, 4.69) is 19.9 Å². The van der Waals surface area contributed by atoms with E-state index in [-0.39, 0.29) is 5.03 Å². The summed E-state index contributed by atoms with van der Waals surface area (Å²) in [5.74, 6) is 0. The quantitative estimate of drug-likeness (QED) is 0.832. The van der Waals surface area contributed by atoms with Crippen LogP contribution in [0.5, 0.6) is 0 Å². The number of aromatic amines is 1. The Labute approximate surface area is 92.8 Å². The zero-order valence-electron chi connectivity index (χ0n) is 8.51. The summed E-state index contributed by atoms with van der Waals surface area (Å²) < 4.78 is 25.9. The van der Waals surface area contributed by atoms with Crippen LogP contribution in [0.25, 0.3) is 0 Å². The van der Waals surface area contributed by atoms with E-state index in [1.807, 2.05) is 6.92 Å². The molecular formula is C9H10N4O2S. The minimum Gasteiger partial charge on any atom is -0.277 e. The molecule has 0 amide bonds. The number of nitrogens with one attached hydrogen (secondary N) is 2. The summed E-state index contributed by atoms with van der Waals surface area (Å²) in [6.45, 7) is 1.83. The third kappa shape index (κ3) is 2.19. The molecule has 0 fully saturated rings. The number of pyridine rings is 1. The Morgan fingerprint density at radius 1 is 1.38 bits per heavy atom. The molecule has 0 aromatic carbocycles.